The summed E-state index contributed by atoms with van der Waals surface area (Å²) in [4.78, 5) is 0. The molecule has 2 unspecified atom stereocenters. The van der Waals surface area contributed by atoms with Gasteiger partial charge in [-0.1, -0.05) is 27.7 Å². The summed E-state index contributed by atoms with van der Waals surface area (Å²) in [5.41, 5.74) is 0.482. The number of hydrogen-bond acceptors (Lipinski definition) is 2. The van der Waals surface area contributed by atoms with Gasteiger partial charge in [-0.15, -0.1) is 0 Å². The molecule has 1 saturated carbocycles. The van der Waals surface area contributed by atoms with E-state index in [1.165, 1.54) is 18.6 Å². The Balaban J connectivity index is 1.77. The van der Waals surface area contributed by atoms with E-state index in [0.29, 0.717) is 5.41 Å². The highest BCUT2D eigenvalue weighted by Crippen LogP contribution is 2.40. The van der Waals surface area contributed by atoms with Crippen molar-refractivity contribution in [3.63, 3.8) is 0 Å². The molecule has 0 radical (unpaired) electrons. The lowest BCUT2D eigenvalue weighted by atomic mass is 9.88. The Hall–Kier alpha value is 0.310. The fourth-order valence-electron chi connectivity index (χ4n) is 2.20. The molecular weight excluding hydrogens is 190 g/mol. The van der Waals surface area contributed by atoms with Gasteiger partial charge < -0.3 is 5.32 Å². The fraction of sp³-hybridized carbons (Fsp3) is 1.00. The van der Waals surface area contributed by atoms with Gasteiger partial charge in [-0.05, 0) is 24.2 Å². The van der Waals surface area contributed by atoms with E-state index in [1.54, 1.807) is 0 Å². The molecule has 0 aromatic carbocycles. The normalized spacial score (nSPS) is 42.9. The zero-order valence-electron chi connectivity index (χ0n) is 9.84. The van der Waals surface area contributed by atoms with Gasteiger partial charge in [0.2, 0.25) is 0 Å². The third-order valence-corrected chi connectivity index (χ3v) is 5.42. The molecule has 4 atom stereocenters. The second kappa shape index (κ2) is 3.71. The second-order valence-electron chi connectivity index (χ2n) is 6.11. The standard InChI is InChI=1S/C12H23NS/c1-8-5-10(8)13-9-6-11(14-7-9)12(2,3)4/h8-11,13H,5-7H2,1-4H3/t8-,9?,10-,11?/m1/s1. The fourth-order valence-corrected chi connectivity index (χ4v) is 3.77. The van der Waals surface area contributed by atoms with Gasteiger partial charge in [-0.3, -0.25) is 0 Å². The van der Waals surface area contributed by atoms with Crippen molar-refractivity contribution in [2.45, 2.75) is 57.9 Å². The molecule has 0 aromatic rings. The number of thioether (sulfide) groups is 1. The van der Waals surface area contributed by atoms with E-state index >= 15 is 0 Å². The van der Waals surface area contributed by atoms with E-state index in [2.05, 4.69) is 44.8 Å². The Bertz CT molecular complexity index is 209. The van der Waals surface area contributed by atoms with E-state index in [4.69, 9.17) is 0 Å². The molecule has 1 N–H and O–H groups in total. The van der Waals surface area contributed by atoms with Crippen LogP contribution in [-0.2, 0) is 0 Å². The first-order valence-corrected chi connectivity index (χ1v) is 6.89. The molecule has 2 fully saturated rings. The van der Waals surface area contributed by atoms with Gasteiger partial charge in [0.25, 0.3) is 0 Å². The molecule has 1 saturated heterocycles. The Morgan fingerprint density at radius 1 is 1.21 bits per heavy atom. The van der Waals surface area contributed by atoms with Crippen LogP contribution in [0.25, 0.3) is 0 Å². The highest BCUT2D eigenvalue weighted by molar-refractivity contribution is 8.00. The Morgan fingerprint density at radius 2 is 1.86 bits per heavy atom. The molecule has 0 spiro atoms. The lowest BCUT2D eigenvalue weighted by molar-refractivity contribution is 0.363. The van der Waals surface area contributed by atoms with Gasteiger partial charge in [0.1, 0.15) is 0 Å². The first-order chi connectivity index (χ1) is 6.47. The van der Waals surface area contributed by atoms with Gasteiger partial charge in [-0.2, -0.15) is 11.8 Å². The van der Waals surface area contributed by atoms with Crippen molar-refractivity contribution in [3.8, 4) is 0 Å². The van der Waals surface area contributed by atoms with Gasteiger partial charge in [0.05, 0.1) is 0 Å². The maximum absolute atomic E-state index is 3.78. The van der Waals surface area contributed by atoms with E-state index in [-0.39, 0.29) is 0 Å². The van der Waals surface area contributed by atoms with Crippen LogP contribution in [0.5, 0.6) is 0 Å². The van der Waals surface area contributed by atoms with Crippen molar-refractivity contribution in [3.05, 3.63) is 0 Å². The van der Waals surface area contributed by atoms with Crippen molar-refractivity contribution in [2.24, 2.45) is 11.3 Å². The van der Waals surface area contributed by atoms with Crippen LogP contribution in [0.3, 0.4) is 0 Å². The van der Waals surface area contributed by atoms with Crippen molar-refractivity contribution < 1.29 is 0 Å². The number of hydrogen-bond donors (Lipinski definition) is 1. The van der Waals surface area contributed by atoms with Crippen molar-refractivity contribution in [1.29, 1.82) is 0 Å². The van der Waals surface area contributed by atoms with Crippen LogP contribution in [-0.4, -0.2) is 23.1 Å². The number of nitrogens with one attached hydrogen (secondary N) is 1. The summed E-state index contributed by atoms with van der Waals surface area (Å²) in [5, 5.41) is 4.64. The predicted molar refractivity (Wildman–Crippen MR) is 64.8 cm³/mol. The lowest BCUT2D eigenvalue weighted by Gasteiger charge is -2.26. The Kier molecular flexibility index (Phi) is 2.87. The van der Waals surface area contributed by atoms with Gasteiger partial charge in [0.15, 0.2) is 0 Å². The minimum atomic E-state index is 0.482. The average Bonchev–Trinajstić information content (AvgIpc) is 2.60. The molecule has 0 aromatic heterocycles. The van der Waals surface area contributed by atoms with Crippen LogP contribution in [0, 0.1) is 11.3 Å². The molecule has 0 bridgehead atoms. The minimum absolute atomic E-state index is 0.482. The maximum atomic E-state index is 3.78. The highest BCUT2D eigenvalue weighted by atomic mass is 32.2. The van der Waals surface area contributed by atoms with E-state index in [1.807, 2.05) is 0 Å². The van der Waals surface area contributed by atoms with Gasteiger partial charge in [-0.25, -0.2) is 0 Å². The van der Waals surface area contributed by atoms with E-state index < -0.39 is 0 Å². The molecule has 1 aliphatic carbocycles. The molecule has 82 valence electrons. The third-order valence-electron chi connectivity index (χ3n) is 3.52. The predicted octanol–water partition coefficient (Wildman–Crippen LogP) is 2.90. The van der Waals surface area contributed by atoms with Crippen LogP contribution in [0.1, 0.15) is 40.5 Å². The molecular formula is C12H23NS. The summed E-state index contributed by atoms with van der Waals surface area (Å²) < 4.78 is 0. The summed E-state index contributed by atoms with van der Waals surface area (Å²) in [7, 11) is 0. The largest absolute Gasteiger partial charge is 0.310 e. The smallest absolute Gasteiger partial charge is 0.0171 e. The molecule has 2 heteroatoms. The Morgan fingerprint density at radius 3 is 2.29 bits per heavy atom. The SMILES string of the molecule is C[C@@H]1C[C@H]1NC1CSC(C(C)(C)C)C1. The molecule has 1 aliphatic heterocycles. The monoisotopic (exact) mass is 213 g/mol. The van der Waals surface area contributed by atoms with Crippen molar-refractivity contribution in [2.75, 3.05) is 5.75 Å². The molecule has 14 heavy (non-hydrogen) atoms. The van der Waals surface area contributed by atoms with Crippen LogP contribution < -0.4 is 5.32 Å². The second-order valence-corrected chi connectivity index (χ2v) is 7.34. The van der Waals surface area contributed by atoms with Gasteiger partial charge >= 0.3 is 0 Å². The van der Waals surface area contributed by atoms with Crippen molar-refractivity contribution in [1.82, 2.24) is 5.32 Å². The Labute approximate surface area is 92.4 Å². The molecule has 0 amide bonds. The zero-order chi connectivity index (χ0) is 10.3. The third kappa shape index (κ3) is 2.46. The quantitative estimate of drug-likeness (QED) is 0.757. The van der Waals surface area contributed by atoms with Crippen LogP contribution in [0.4, 0.5) is 0 Å². The molecule has 1 nitrogen and oxygen atoms in total. The summed E-state index contributed by atoms with van der Waals surface area (Å²) in [6, 6.07) is 1.64. The highest BCUT2D eigenvalue weighted by Gasteiger charge is 2.38. The summed E-state index contributed by atoms with van der Waals surface area (Å²) in [5.74, 6) is 2.26. The lowest BCUT2D eigenvalue weighted by Crippen LogP contribution is -2.33. The van der Waals surface area contributed by atoms with E-state index in [0.717, 1.165) is 23.3 Å². The number of rotatable bonds is 2. The molecule has 2 rings (SSSR count). The van der Waals surface area contributed by atoms with E-state index in [9.17, 15) is 0 Å². The minimum Gasteiger partial charge on any atom is -0.310 e. The van der Waals surface area contributed by atoms with Crippen LogP contribution >= 0.6 is 11.8 Å². The molecule has 2 aliphatic rings. The summed E-state index contributed by atoms with van der Waals surface area (Å²) in [6.45, 7) is 9.45. The van der Waals surface area contributed by atoms with Gasteiger partial charge in [0, 0.05) is 23.1 Å². The van der Waals surface area contributed by atoms with Crippen LogP contribution in [0.2, 0.25) is 0 Å². The maximum Gasteiger partial charge on any atom is 0.0171 e. The topological polar surface area (TPSA) is 12.0 Å². The summed E-state index contributed by atoms with van der Waals surface area (Å²) in [6.07, 6.45) is 2.78. The van der Waals surface area contributed by atoms with Crippen LogP contribution in [0.15, 0.2) is 0 Å². The summed E-state index contributed by atoms with van der Waals surface area (Å²) >= 11 is 2.17. The zero-order valence-corrected chi connectivity index (χ0v) is 10.7. The first kappa shape index (κ1) is 10.8. The van der Waals surface area contributed by atoms with Crippen molar-refractivity contribution >= 4 is 11.8 Å². The average molecular weight is 213 g/mol. The molecule has 1 heterocycles. The first-order valence-electron chi connectivity index (χ1n) is 5.84.